The summed E-state index contributed by atoms with van der Waals surface area (Å²) in [5.74, 6) is 0.620. The molecule has 1 aliphatic heterocycles. The number of piperidine rings is 1. The van der Waals surface area contributed by atoms with Gasteiger partial charge < -0.3 is 10.1 Å². The number of carbonyl (C=O) groups is 1. The zero-order valence-electron chi connectivity index (χ0n) is 12.4. The van der Waals surface area contributed by atoms with Crippen LogP contribution in [0.5, 0.6) is 0 Å². The second-order valence-electron chi connectivity index (χ2n) is 5.62. The van der Waals surface area contributed by atoms with Gasteiger partial charge in [-0.05, 0) is 49.9 Å². The molecule has 1 atom stereocenters. The summed E-state index contributed by atoms with van der Waals surface area (Å²) in [4.78, 5) is 14.3. The molecule has 0 aliphatic carbocycles. The van der Waals surface area contributed by atoms with E-state index in [1.54, 1.807) is 7.11 Å². The molecular weight excluding hydrogens is 252 g/mol. The van der Waals surface area contributed by atoms with E-state index in [1.165, 1.54) is 6.42 Å². The van der Waals surface area contributed by atoms with Crippen LogP contribution in [-0.2, 0) is 9.53 Å². The van der Waals surface area contributed by atoms with Gasteiger partial charge in [-0.15, -0.1) is 0 Å². The maximum Gasteiger partial charge on any atom is 0.238 e. The van der Waals surface area contributed by atoms with Gasteiger partial charge in [0.15, 0.2) is 0 Å². The fourth-order valence-corrected chi connectivity index (χ4v) is 2.79. The van der Waals surface area contributed by atoms with Crippen LogP contribution in [0.3, 0.4) is 0 Å². The van der Waals surface area contributed by atoms with Crippen molar-refractivity contribution in [1.29, 1.82) is 0 Å². The number of likely N-dealkylation sites (tertiary alicyclic amines) is 1. The van der Waals surface area contributed by atoms with Crippen LogP contribution in [0.25, 0.3) is 0 Å². The standard InChI is InChI=1S/C16H24N2O2/c1-13-5-3-7-15(9-13)17-16(19)11-18-8-4-6-14(10-18)12-20-2/h3,5,7,9,14H,4,6,8,10-12H2,1-2H3,(H,17,19). The summed E-state index contributed by atoms with van der Waals surface area (Å²) in [7, 11) is 1.74. The Labute approximate surface area is 121 Å². The summed E-state index contributed by atoms with van der Waals surface area (Å²) in [6.07, 6.45) is 2.34. The highest BCUT2D eigenvalue weighted by Crippen LogP contribution is 2.16. The van der Waals surface area contributed by atoms with Gasteiger partial charge in [0.05, 0.1) is 13.2 Å². The van der Waals surface area contributed by atoms with Crippen LogP contribution < -0.4 is 5.32 Å². The van der Waals surface area contributed by atoms with E-state index in [0.717, 1.165) is 37.4 Å². The second-order valence-corrected chi connectivity index (χ2v) is 5.62. The van der Waals surface area contributed by atoms with Gasteiger partial charge in [-0.3, -0.25) is 9.69 Å². The molecule has 1 heterocycles. The Morgan fingerprint density at radius 2 is 2.35 bits per heavy atom. The van der Waals surface area contributed by atoms with Crippen molar-refractivity contribution < 1.29 is 9.53 Å². The zero-order valence-corrected chi connectivity index (χ0v) is 12.4. The maximum absolute atomic E-state index is 12.1. The van der Waals surface area contributed by atoms with Crippen molar-refractivity contribution in [3.05, 3.63) is 29.8 Å². The van der Waals surface area contributed by atoms with E-state index in [0.29, 0.717) is 12.5 Å². The van der Waals surface area contributed by atoms with Gasteiger partial charge in [0, 0.05) is 19.3 Å². The van der Waals surface area contributed by atoms with E-state index in [4.69, 9.17) is 4.74 Å². The van der Waals surface area contributed by atoms with Crippen molar-refractivity contribution in [2.75, 3.05) is 38.7 Å². The fourth-order valence-electron chi connectivity index (χ4n) is 2.79. The van der Waals surface area contributed by atoms with Crippen molar-refractivity contribution in [3.63, 3.8) is 0 Å². The highest BCUT2D eigenvalue weighted by Gasteiger charge is 2.21. The van der Waals surface area contributed by atoms with E-state index in [-0.39, 0.29) is 5.91 Å². The average Bonchev–Trinajstić information content (AvgIpc) is 2.39. The van der Waals surface area contributed by atoms with E-state index >= 15 is 0 Å². The molecule has 1 N–H and O–H groups in total. The minimum Gasteiger partial charge on any atom is -0.384 e. The number of hydrogen-bond donors (Lipinski definition) is 1. The lowest BCUT2D eigenvalue weighted by atomic mass is 9.99. The van der Waals surface area contributed by atoms with Gasteiger partial charge in [0.25, 0.3) is 0 Å². The first kappa shape index (κ1) is 15.0. The minimum atomic E-state index is 0.0636. The van der Waals surface area contributed by atoms with Crippen molar-refractivity contribution in [2.24, 2.45) is 5.92 Å². The molecule has 1 saturated heterocycles. The Kier molecular flexibility index (Phi) is 5.56. The summed E-state index contributed by atoms with van der Waals surface area (Å²) in [6.45, 7) is 5.23. The molecule has 1 aliphatic rings. The largest absolute Gasteiger partial charge is 0.384 e. The number of amides is 1. The molecule has 1 unspecified atom stereocenters. The van der Waals surface area contributed by atoms with Crippen LogP contribution in [0.4, 0.5) is 5.69 Å². The molecule has 4 heteroatoms. The molecule has 1 fully saturated rings. The average molecular weight is 276 g/mol. The van der Waals surface area contributed by atoms with Crippen molar-refractivity contribution in [1.82, 2.24) is 4.90 Å². The number of anilines is 1. The Hall–Kier alpha value is -1.39. The number of benzene rings is 1. The van der Waals surface area contributed by atoms with Crippen LogP contribution in [0.15, 0.2) is 24.3 Å². The van der Waals surface area contributed by atoms with E-state index in [1.807, 2.05) is 31.2 Å². The third-order valence-corrected chi connectivity index (χ3v) is 3.67. The van der Waals surface area contributed by atoms with Gasteiger partial charge in [0.2, 0.25) is 5.91 Å². The summed E-state index contributed by atoms with van der Waals surface area (Å²) in [5.41, 5.74) is 2.03. The predicted molar refractivity (Wildman–Crippen MR) is 80.8 cm³/mol. The smallest absolute Gasteiger partial charge is 0.238 e. The van der Waals surface area contributed by atoms with Crippen LogP contribution in [0, 0.1) is 12.8 Å². The van der Waals surface area contributed by atoms with Crippen molar-refractivity contribution in [2.45, 2.75) is 19.8 Å². The lowest BCUT2D eigenvalue weighted by Crippen LogP contribution is -2.41. The Bertz CT molecular complexity index is 446. The van der Waals surface area contributed by atoms with Crippen LogP contribution >= 0.6 is 0 Å². The second kappa shape index (κ2) is 7.41. The summed E-state index contributed by atoms with van der Waals surface area (Å²) in [5, 5.41) is 2.97. The van der Waals surface area contributed by atoms with Gasteiger partial charge in [-0.2, -0.15) is 0 Å². The topological polar surface area (TPSA) is 41.6 Å². The Balaban J connectivity index is 1.82. The third-order valence-electron chi connectivity index (χ3n) is 3.67. The number of nitrogens with zero attached hydrogens (tertiary/aromatic N) is 1. The summed E-state index contributed by atoms with van der Waals surface area (Å²) >= 11 is 0. The molecule has 1 amide bonds. The zero-order chi connectivity index (χ0) is 14.4. The first-order valence-electron chi connectivity index (χ1n) is 7.25. The van der Waals surface area contributed by atoms with E-state index in [9.17, 15) is 4.79 Å². The van der Waals surface area contributed by atoms with Gasteiger partial charge in [0.1, 0.15) is 0 Å². The number of methoxy groups -OCH3 is 1. The molecule has 1 aromatic rings. The number of nitrogens with one attached hydrogen (secondary N) is 1. The normalized spacial score (nSPS) is 19.8. The SMILES string of the molecule is COCC1CCCN(CC(=O)Nc2cccc(C)c2)C1. The summed E-state index contributed by atoms with van der Waals surface area (Å²) < 4.78 is 5.22. The molecule has 0 saturated carbocycles. The van der Waals surface area contributed by atoms with Gasteiger partial charge in [-0.25, -0.2) is 0 Å². The van der Waals surface area contributed by atoms with Crippen LogP contribution in [-0.4, -0.2) is 44.2 Å². The fraction of sp³-hybridized carbons (Fsp3) is 0.562. The monoisotopic (exact) mass is 276 g/mol. The molecule has 0 radical (unpaired) electrons. The third kappa shape index (κ3) is 4.62. The first-order valence-corrected chi connectivity index (χ1v) is 7.25. The van der Waals surface area contributed by atoms with Crippen LogP contribution in [0.2, 0.25) is 0 Å². The first-order chi connectivity index (χ1) is 9.67. The minimum absolute atomic E-state index is 0.0636. The molecule has 0 spiro atoms. The highest BCUT2D eigenvalue weighted by molar-refractivity contribution is 5.92. The number of carbonyl (C=O) groups excluding carboxylic acids is 1. The lowest BCUT2D eigenvalue weighted by Gasteiger charge is -2.31. The van der Waals surface area contributed by atoms with Gasteiger partial charge >= 0.3 is 0 Å². The summed E-state index contributed by atoms with van der Waals surface area (Å²) in [6, 6.07) is 7.90. The molecule has 4 nitrogen and oxygen atoms in total. The molecule has 2 rings (SSSR count). The highest BCUT2D eigenvalue weighted by atomic mass is 16.5. The molecule has 0 bridgehead atoms. The molecule has 0 aromatic heterocycles. The van der Waals surface area contributed by atoms with Gasteiger partial charge in [-0.1, -0.05) is 12.1 Å². The number of aryl methyl sites for hydroxylation is 1. The van der Waals surface area contributed by atoms with E-state index < -0.39 is 0 Å². The van der Waals surface area contributed by atoms with Crippen molar-refractivity contribution in [3.8, 4) is 0 Å². The predicted octanol–water partition coefficient (Wildman–Crippen LogP) is 2.29. The number of ether oxygens (including phenoxy) is 1. The number of rotatable bonds is 5. The molecule has 1 aromatic carbocycles. The van der Waals surface area contributed by atoms with Crippen LogP contribution in [0.1, 0.15) is 18.4 Å². The quantitative estimate of drug-likeness (QED) is 0.897. The lowest BCUT2D eigenvalue weighted by molar-refractivity contribution is -0.117. The maximum atomic E-state index is 12.1. The van der Waals surface area contributed by atoms with Crippen molar-refractivity contribution >= 4 is 11.6 Å². The molecular formula is C16H24N2O2. The number of hydrogen-bond acceptors (Lipinski definition) is 3. The Morgan fingerprint density at radius 3 is 3.10 bits per heavy atom. The molecule has 20 heavy (non-hydrogen) atoms. The molecule has 110 valence electrons. The van der Waals surface area contributed by atoms with E-state index in [2.05, 4.69) is 10.2 Å². The Morgan fingerprint density at radius 1 is 1.50 bits per heavy atom.